The largest absolute Gasteiger partial charge is 0.472 e. The zero-order chi connectivity index (χ0) is 42.5. The summed E-state index contributed by atoms with van der Waals surface area (Å²) in [5.74, 6) is -0.510. The standard InChI is InChI=1S/C35H35F2N7O13P2S/c1-17-3-8-21(18(2)11-17)34(46)53-20-6-4-19(5-7-20)14-60-59(50)52-13-23-28(26(37)32(55-23)44-16-41-27-30(38)39-15-40-31(27)44)56-58(48,49)51-12-22-25(36)29(57-59)33(54-22)43-10-9-24(45)42-35(43)47/h3-11,15-16,22-23,25-26,28-29,32-33H,12-14H2,1-2H3,(H,48,49)(H2,38,39,40)(H,42,45,47)/t22-,23-,25-,26-,28-,29-,32-,33-,59?/m1/s1. The highest BCUT2D eigenvalue weighted by atomic mass is 32.7. The maximum atomic E-state index is 16.4. The van der Waals surface area contributed by atoms with E-state index in [9.17, 15) is 28.4 Å². The van der Waals surface area contributed by atoms with Gasteiger partial charge in [-0.25, -0.2) is 42.5 Å². The Morgan fingerprint density at radius 1 is 0.950 bits per heavy atom. The van der Waals surface area contributed by atoms with Gasteiger partial charge in [-0.2, -0.15) is 0 Å². The second-order valence-electron chi connectivity index (χ2n) is 13.9. The highest BCUT2D eigenvalue weighted by Crippen LogP contribution is 2.65. The summed E-state index contributed by atoms with van der Waals surface area (Å²) in [5.41, 5.74) is 6.83. The van der Waals surface area contributed by atoms with Crippen LogP contribution in [0.3, 0.4) is 0 Å². The molecule has 3 aromatic heterocycles. The summed E-state index contributed by atoms with van der Waals surface area (Å²) in [6.45, 7) is -2.83. The van der Waals surface area contributed by atoms with E-state index in [4.69, 9.17) is 38.0 Å². The van der Waals surface area contributed by atoms with Gasteiger partial charge in [-0.05, 0) is 54.6 Å². The van der Waals surface area contributed by atoms with Crippen molar-refractivity contribution in [3.8, 4) is 5.75 Å². The van der Waals surface area contributed by atoms with E-state index in [0.717, 1.165) is 45.2 Å². The molecule has 20 nitrogen and oxygen atoms in total. The van der Waals surface area contributed by atoms with E-state index in [2.05, 4.69) is 15.0 Å². The lowest BCUT2D eigenvalue weighted by molar-refractivity contribution is -0.0635. The van der Waals surface area contributed by atoms with Crippen LogP contribution in [0.4, 0.5) is 14.6 Å². The highest BCUT2D eigenvalue weighted by molar-refractivity contribution is 8.54. The first-order chi connectivity index (χ1) is 28.6. The highest BCUT2D eigenvalue weighted by Gasteiger charge is 2.55. The minimum absolute atomic E-state index is 0.0175. The average Bonchev–Trinajstić information content (AvgIpc) is 3.86. The van der Waals surface area contributed by atoms with Crippen molar-refractivity contribution >= 4 is 49.0 Å². The van der Waals surface area contributed by atoms with Crippen molar-refractivity contribution < 1.29 is 59.9 Å². The molecule has 318 valence electrons. The summed E-state index contributed by atoms with van der Waals surface area (Å²) in [6.07, 6.45) is -11.8. The number of aromatic nitrogens is 6. The van der Waals surface area contributed by atoms with Gasteiger partial charge in [0.2, 0.25) is 0 Å². The van der Waals surface area contributed by atoms with Crippen molar-refractivity contribution in [2.24, 2.45) is 0 Å². The molecule has 10 atom stereocenters. The molecule has 0 amide bonds. The van der Waals surface area contributed by atoms with Crippen LogP contribution in [0.15, 0.2) is 77.0 Å². The fourth-order valence-electron chi connectivity index (χ4n) is 6.80. The van der Waals surface area contributed by atoms with Gasteiger partial charge in [0.1, 0.15) is 42.0 Å². The molecule has 2 unspecified atom stereocenters. The number of imidazole rings is 1. The van der Waals surface area contributed by atoms with Gasteiger partial charge in [-0.15, -0.1) is 0 Å². The minimum Gasteiger partial charge on any atom is -0.423 e. The number of halogens is 2. The van der Waals surface area contributed by atoms with E-state index in [1.165, 1.54) is 12.1 Å². The molecule has 2 bridgehead atoms. The SMILES string of the molecule is Cc1ccc(C(=O)Oc2ccc(CSP3(=O)OC[C@H]4O[C@@H](n5cnc6c(N)ncnc65)[C@H](F)[C@@H]4OP(=O)(O)OC[C@H]4O[C@@H](n5ccc(=O)[nH]c5=O)[C@H](O3)[C@@H]4F)cc2)c(C)c1. The molecule has 3 aliphatic rings. The first-order valence-corrected chi connectivity index (χ1v) is 22.7. The van der Waals surface area contributed by atoms with Crippen molar-refractivity contribution in [2.45, 2.75) is 68.8 Å². The van der Waals surface area contributed by atoms with Crippen LogP contribution in [-0.2, 0) is 42.5 Å². The number of benzene rings is 2. The Morgan fingerprint density at radius 2 is 1.70 bits per heavy atom. The summed E-state index contributed by atoms with van der Waals surface area (Å²) in [5, 5.41) is 0. The summed E-state index contributed by atoms with van der Waals surface area (Å²) in [7, 11) is -5.26. The number of carbonyl (C=O) groups is 1. The third-order valence-corrected chi connectivity index (χ3v) is 14.4. The number of esters is 1. The smallest absolute Gasteiger partial charge is 0.423 e. The van der Waals surface area contributed by atoms with Gasteiger partial charge >= 0.3 is 26.3 Å². The maximum Gasteiger partial charge on any atom is 0.472 e. The van der Waals surface area contributed by atoms with Gasteiger partial charge < -0.3 is 24.8 Å². The van der Waals surface area contributed by atoms with Crippen molar-refractivity contribution in [3.63, 3.8) is 0 Å². The number of fused-ring (bicyclic) bond motifs is 4. The summed E-state index contributed by atoms with van der Waals surface area (Å²) in [6, 6.07) is 12.4. The zero-order valence-corrected chi connectivity index (χ0v) is 33.9. The first kappa shape index (κ1) is 42.0. The lowest BCUT2D eigenvalue weighted by Crippen LogP contribution is -2.37. The third kappa shape index (κ3) is 8.60. The van der Waals surface area contributed by atoms with Crippen LogP contribution in [0, 0.1) is 13.8 Å². The van der Waals surface area contributed by atoms with Gasteiger partial charge in [-0.3, -0.25) is 37.0 Å². The molecule has 8 rings (SSSR count). The Bertz CT molecular complexity index is 2650. The predicted octanol–water partition coefficient (Wildman–Crippen LogP) is 4.22. The van der Waals surface area contributed by atoms with Gasteiger partial charge in [0.25, 0.3) is 5.56 Å². The van der Waals surface area contributed by atoms with Crippen molar-refractivity contribution in [2.75, 3.05) is 18.9 Å². The normalized spacial score (nSPS) is 30.9. The zero-order valence-electron chi connectivity index (χ0n) is 31.3. The van der Waals surface area contributed by atoms with Gasteiger partial charge in [0.15, 0.2) is 36.3 Å². The molecule has 60 heavy (non-hydrogen) atoms. The van der Waals surface area contributed by atoms with E-state index in [1.807, 2.05) is 18.0 Å². The van der Waals surface area contributed by atoms with Crippen LogP contribution in [-0.4, -0.2) is 89.9 Å². The second-order valence-corrected chi connectivity index (χ2v) is 19.3. The fourth-order valence-corrected chi connectivity index (χ4v) is 11.1. The molecule has 3 aliphatic heterocycles. The van der Waals surface area contributed by atoms with Crippen LogP contribution in [0.2, 0.25) is 0 Å². The Morgan fingerprint density at radius 3 is 2.45 bits per heavy atom. The number of phosphoric acid groups is 1. The van der Waals surface area contributed by atoms with Gasteiger partial charge in [0.05, 0.1) is 25.1 Å². The van der Waals surface area contributed by atoms with Crippen molar-refractivity contribution in [1.82, 2.24) is 29.1 Å². The number of aromatic amines is 1. The molecule has 6 heterocycles. The monoisotopic (exact) mass is 893 g/mol. The number of rotatable bonds is 7. The number of hydrogen-bond donors (Lipinski definition) is 3. The van der Waals surface area contributed by atoms with Crippen LogP contribution in [0.1, 0.15) is 39.5 Å². The number of alkyl halides is 2. The number of nitrogen functional groups attached to an aromatic ring is 1. The van der Waals surface area contributed by atoms with Crippen LogP contribution in [0.5, 0.6) is 5.75 Å². The molecule has 5 aromatic rings. The fraction of sp³-hybridized carbons (Fsp3) is 0.371. The van der Waals surface area contributed by atoms with E-state index >= 15 is 8.78 Å². The van der Waals surface area contributed by atoms with E-state index in [0.29, 0.717) is 22.5 Å². The molecule has 0 radical (unpaired) electrons. The topological polar surface area (TPSA) is 261 Å². The number of H-pyrrole nitrogens is 1. The summed E-state index contributed by atoms with van der Waals surface area (Å²) < 4.78 is 102. The number of ether oxygens (including phenoxy) is 3. The van der Waals surface area contributed by atoms with Gasteiger partial charge in [0, 0.05) is 18.0 Å². The molecule has 4 N–H and O–H groups in total. The Labute approximate surface area is 341 Å². The number of nitrogens with two attached hydrogens (primary N) is 1. The number of carbonyl (C=O) groups excluding carboxylic acids is 1. The number of phosphoric ester groups is 1. The van der Waals surface area contributed by atoms with Crippen molar-refractivity contribution in [1.29, 1.82) is 0 Å². The minimum atomic E-state index is -5.26. The molecular formula is C35H35F2N7O13P2S. The molecule has 3 saturated heterocycles. The summed E-state index contributed by atoms with van der Waals surface area (Å²) in [4.78, 5) is 62.4. The lowest BCUT2D eigenvalue weighted by Gasteiger charge is -2.27. The predicted molar refractivity (Wildman–Crippen MR) is 206 cm³/mol. The number of nitrogens with zero attached hydrogens (tertiary/aromatic N) is 5. The Hall–Kier alpha value is -4.67. The van der Waals surface area contributed by atoms with E-state index < -0.39 is 94.3 Å². The first-order valence-electron chi connectivity index (χ1n) is 18.0. The molecule has 0 saturated carbocycles. The molecule has 25 heteroatoms. The van der Waals surface area contributed by atoms with Crippen LogP contribution < -0.4 is 21.7 Å². The summed E-state index contributed by atoms with van der Waals surface area (Å²) >= 11 is 0.573. The second kappa shape index (κ2) is 16.7. The van der Waals surface area contributed by atoms with Crippen LogP contribution in [0.25, 0.3) is 11.2 Å². The quantitative estimate of drug-likeness (QED) is 0.117. The number of anilines is 1. The number of nitrogens with one attached hydrogen (secondary N) is 1. The van der Waals surface area contributed by atoms with E-state index in [-0.39, 0.29) is 28.5 Å². The van der Waals surface area contributed by atoms with E-state index in [1.54, 1.807) is 31.2 Å². The average molecular weight is 894 g/mol. The maximum absolute atomic E-state index is 16.4. The number of aryl methyl sites for hydroxylation is 2. The molecule has 0 aliphatic carbocycles. The molecule has 2 aromatic carbocycles. The third-order valence-electron chi connectivity index (χ3n) is 9.75. The van der Waals surface area contributed by atoms with Crippen molar-refractivity contribution in [3.05, 3.63) is 110 Å². The number of hydrogen-bond acceptors (Lipinski definition) is 17. The molecule has 0 spiro atoms. The van der Waals surface area contributed by atoms with Gasteiger partial charge in [-0.1, -0.05) is 29.8 Å². The molecule has 3 fully saturated rings. The lowest BCUT2D eigenvalue weighted by atomic mass is 10.1. The Balaban J connectivity index is 1.09. The molecular weight excluding hydrogens is 858 g/mol. The Kier molecular flexibility index (Phi) is 11.7. The van der Waals surface area contributed by atoms with Crippen LogP contribution >= 0.6 is 26.0 Å².